The minimum atomic E-state index is -0.120. The van der Waals surface area contributed by atoms with Crippen LogP contribution in [0.2, 0.25) is 0 Å². The lowest BCUT2D eigenvalue weighted by molar-refractivity contribution is -0.265. The summed E-state index contributed by atoms with van der Waals surface area (Å²) in [6.45, 7) is 6.42. The van der Waals surface area contributed by atoms with E-state index in [-0.39, 0.29) is 10.8 Å². The predicted molar refractivity (Wildman–Crippen MR) is 82.6 cm³/mol. The molecular weight excluding hydrogens is 266 g/mol. The first-order valence-corrected chi connectivity index (χ1v) is 6.80. The zero-order valence-corrected chi connectivity index (χ0v) is 12.8. The van der Waals surface area contributed by atoms with E-state index in [0.29, 0.717) is 5.75 Å². The fraction of sp³-hybridized carbons (Fsp3) is 0.294. The summed E-state index contributed by atoms with van der Waals surface area (Å²) in [6.07, 6.45) is 0. The Morgan fingerprint density at radius 3 is 1.86 bits per heavy atom. The smallest absolute Gasteiger partial charge is 0.149 e. The number of hydrogen-bond acceptors (Lipinski definition) is 4. The van der Waals surface area contributed by atoms with Crippen molar-refractivity contribution in [3.8, 4) is 5.75 Å². The van der Waals surface area contributed by atoms with Crippen LogP contribution in [0.4, 0.5) is 0 Å². The Morgan fingerprint density at radius 1 is 0.905 bits per heavy atom. The van der Waals surface area contributed by atoms with E-state index in [1.165, 1.54) is 18.2 Å². The molecule has 4 nitrogen and oxygen atoms in total. The molecule has 2 aromatic carbocycles. The predicted octanol–water partition coefficient (Wildman–Crippen LogP) is 3.98. The highest BCUT2D eigenvalue weighted by Crippen LogP contribution is 2.32. The zero-order valence-electron chi connectivity index (χ0n) is 12.8. The average Bonchev–Trinajstić information content (AvgIpc) is 2.48. The molecule has 21 heavy (non-hydrogen) atoms. The van der Waals surface area contributed by atoms with Gasteiger partial charge in [0, 0.05) is 5.41 Å². The summed E-state index contributed by atoms with van der Waals surface area (Å²) >= 11 is 0. The van der Waals surface area contributed by atoms with Gasteiger partial charge in [0.2, 0.25) is 0 Å². The highest BCUT2D eigenvalue weighted by atomic mass is 17.1. The van der Waals surface area contributed by atoms with Crippen LogP contribution in [0.25, 0.3) is 0 Å². The Kier molecular flexibility index (Phi) is 4.63. The molecule has 0 spiro atoms. The second-order valence-corrected chi connectivity index (χ2v) is 5.51. The standard InChI is InChI=1S/C17H20NO3/c1-13-5-7-14(8-6-13)17(2,3)15-9-11-16(12-10-15)21-18(19)20-4/h5-12H,1-4H3/q-1. The summed E-state index contributed by atoms with van der Waals surface area (Å²) in [5.74, 6) is 0.440. The molecule has 4 heteroatoms. The van der Waals surface area contributed by atoms with Crippen LogP contribution in [0, 0.1) is 12.1 Å². The molecule has 2 aromatic rings. The van der Waals surface area contributed by atoms with Crippen LogP contribution in [0.15, 0.2) is 48.5 Å². The molecule has 0 radical (unpaired) electrons. The molecule has 0 heterocycles. The van der Waals surface area contributed by atoms with Crippen molar-refractivity contribution >= 4 is 0 Å². The largest absolute Gasteiger partial charge is 0.728 e. The molecule has 0 atom stereocenters. The van der Waals surface area contributed by atoms with Gasteiger partial charge in [-0.15, -0.1) is 0 Å². The molecule has 0 fully saturated rings. The lowest BCUT2D eigenvalue weighted by Crippen LogP contribution is -2.20. The van der Waals surface area contributed by atoms with Crippen molar-refractivity contribution in [2.75, 3.05) is 7.11 Å². The summed E-state index contributed by atoms with van der Waals surface area (Å²) in [5.41, 5.74) is 3.51. The van der Waals surface area contributed by atoms with Gasteiger partial charge in [0.05, 0.1) is 7.11 Å². The molecule has 0 N–H and O–H groups in total. The molecule has 0 saturated carbocycles. The molecule has 0 amide bonds. The summed E-state index contributed by atoms with van der Waals surface area (Å²) in [5, 5.41) is 11.1. The van der Waals surface area contributed by atoms with E-state index in [4.69, 9.17) is 4.84 Å². The van der Waals surface area contributed by atoms with Crippen molar-refractivity contribution in [3.63, 3.8) is 0 Å². The lowest BCUT2D eigenvalue weighted by atomic mass is 9.78. The van der Waals surface area contributed by atoms with Crippen LogP contribution >= 0.6 is 0 Å². The fourth-order valence-electron chi connectivity index (χ4n) is 2.19. The lowest BCUT2D eigenvalue weighted by Gasteiger charge is -2.27. The third kappa shape index (κ3) is 3.61. The van der Waals surface area contributed by atoms with Crippen LogP contribution in [-0.2, 0) is 10.3 Å². The van der Waals surface area contributed by atoms with Crippen LogP contribution in [0.1, 0.15) is 30.5 Å². The summed E-state index contributed by atoms with van der Waals surface area (Å²) in [7, 11) is 1.25. The van der Waals surface area contributed by atoms with Gasteiger partial charge in [-0.3, -0.25) is 4.84 Å². The summed E-state index contributed by atoms with van der Waals surface area (Å²) in [4.78, 5) is 9.30. The molecule has 112 valence electrons. The van der Waals surface area contributed by atoms with Gasteiger partial charge in [-0.25, -0.2) is 0 Å². The fourth-order valence-corrected chi connectivity index (χ4v) is 2.19. The molecular formula is C17H20NO3-. The Labute approximate surface area is 125 Å². The van der Waals surface area contributed by atoms with Crippen LogP contribution in [0.5, 0.6) is 5.75 Å². The van der Waals surface area contributed by atoms with E-state index < -0.39 is 0 Å². The van der Waals surface area contributed by atoms with E-state index in [1.807, 2.05) is 12.1 Å². The number of nitrogens with zero attached hydrogens (tertiary/aromatic N) is 1. The van der Waals surface area contributed by atoms with Crippen LogP contribution in [0.3, 0.4) is 0 Å². The van der Waals surface area contributed by atoms with Gasteiger partial charge in [-0.2, -0.15) is 0 Å². The van der Waals surface area contributed by atoms with E-state index in [9.17, 15) is 5.21 Å². The monoisotopic (exact) mass is 286 g/mol. The molecule has 0 aliphatic rings. The van der Waals surface area contributed by atoms with Crippen molar-refractivity contribution in [1.82, 2.24) is 5.39 Å². The van der Waals surface area contributed by atoms with Crippen molar-refractivity contribution in [1.29, 1.82) is 0 Å². The van der Waals surface area contributed by atoms with Gasteiger partial charge < -0.3 is 10.0 Å². The minimum Gasteiger partial charge on any atom is -0.728 e. The SMILES string of the molecule is CON([O-])Oc1ccc(C(C)(C)c2ccc(C)cc2)cc1. The molecule has 0 aromatic heterocycles. The molecule has 0 aliphatic heterocycles. The second-order valence-electron chi connectivity index (χ2n) is 5.51. The maximum absolute atomic E-state index is 11.0. The van der Waals surface area contributed by atoms with Crippen LogP contribution < -0.4 is 4.84 Å². The number of benzene rings is 2. The summed E-state index contributed by atoms with van der Waals surface area (Å²) < 4.78 is 0. The number of rotatable bonds is 5. The van der Waals surface area contributed by atoms with Gasteiger partial charge in [-0.05, 0) is 30.2 Å². The van der Waals surface area contributed by atoms with E-state index in [0.717, 1.165) is 5.56 Å². The first-order valence-electron chi connectivity index (χ1n) is 6.80. The van der Waals surface area contributed by atoms with Gasteiger partial charge in [0.25, 0.3) is 0 Å². The van der Waals surface area contributed by atoms with Crippen molar-refractivity contribution < 1.29 is 9.68 Å². The second kappa shape index (κ2) is 6.26. The maximum atomic E-state index is 11.0. The highest BCUT2D eigenvalue weighted by Gasteiger charge is 2.22. The number of hydrogen-bond donors (Lipinski definition) is 0. The van der Waals surface area contributed by atoms with E-state index in [2.05, 4.69) is 49.9 Å². The first kappa shape index (κ1) is 15.5. The maximum Gasteiger partial charge on any atom is 0.149 e. The first-order chi connectivity index (χ1) is 9.93. The normalized spacial score (nSPS) is 11.7. The molecule has 0 unspecified atom stereocenters. The molecule has 0 aliphatic carbocycles. The van der Waals surface area contributed by atoms with Crippen molar-refractivity contribution in [2.45, 2.75) is 26.2 Å². The van der Waals surface area contributed by atoms with E-state index >= 15 is 0 Å². The molecule has 0 bridgehead atoms. The number of aryl methyl sites for hydroxylation is 1. The highest BCUT2D eigenvalue weighted by molar-refractivity contribution is 5.40. The molecule has 2 rings (SSSR count). The third-order valence-corrected chi connectivity index (χ3v) is 3.68. The zero-order chi connectivity index (χ0) is 15.5. The van der Waals surface area contributed by atoms with Gasteiger partial charge in [0.15, 0.2) is 0 Å². The summed E-state index contributed by atoms with van der Waals surface area (Å²) in [6, 6.07) is 15.9. The van der Waals surface area contributed by atoms with Gasteiger partial charge in [0.1, 0.15) is 5.75 Å². The molecule has 0 saturated heterocycles. The quantitative estimate of drug-likeness (QED) is 0.780. The minimum absolute atomic E-state index is 0.0696. The Balaban J connectivity index is 2.22. The average molecular weight is 286 g/mol. The van der Waals surface area contributed by atoms with Crippen molar-refractivity contribution in [2.24, 2.45) is 0 Å². The Hall–Kier alpha value is -1.88. The topological polar surface area (TPSA) is 44.8 Å². The van der Waals surface area contributed by atoms with Gasteiger partial charge in [-0.1, -0.05) is 61.2 Å². The van der Waals surface area contributed by atoms with Crippen LogP contribution in [-0.4, -0.2) is 12.5 Å². The Morgan fingerprint density at radius 2 is 1.38 bits per heavy atom. The third-order valence-electron chi connectivity index (χ3n) is 3.68. The van der Waals surface area contributed by atoms with E-state index in [1.54, 1.807) is 12.1 Å². The van der Waals surface area contributed by atoms with Crippen molar-refractivity contribution in [3.05, 3.63) is 70.4 Å². The Bertz CT molecular complexity index is 576. The van der Waals surface area contributed by atoms with Gasteiger partial charge >= 0.3 is 0 Å².